The molecule has 6 heteroatoms. The van der Waals surface area contributed by atoms with Gasteiger partial charge in [0.15, 0.2) is 0 Å². The van der Waals surface area contributed by atoms with Crippen molar-refractivity contribution in [2.45, 2.75) is 12.5 Å². The quantitative estimate of drug-likeness (QED) is 0.823. The van der Waals surface area contributed by atoms with Crippen molar-refractivity contribution in [3.05, 3.63) is 16.4 Å². The normalized spacial score (nSPS) is 12.8. The van der Waals surface area contributed by atoms with Crippen LogP contribution in [0, 0.1) is 0 Å². The smallest absolute Gasteiger partial charge is 0.305 e. The van der Waals surface area contributed by atoms with E-state index in [9.17, 15) is 4.79 Å². The summed E-state index contributed by atoms with van der Waals surface area (Å²) >= 11 is 3.18. The van der Waals surface area contributed by atoms with Crippen LogP contribution in [0.4, 0.5) is 0 Å². The molecule has 1 rings (SSSR count). The van der Waals surface area contributed by atoms with Crippen LogP contribution in [0.5, 0.6) is 0 Å². The number of carbonyl (C=O) groups is 1. The molecule has 0 fully saturated rings. The zero-order chi connectivity index (χ0) is 10.0. The lowest BCUT2D eigenvalue weighted by molar-refractivity contribution is -0.137. The molecule has 72 valence electrons. The van der Waals surface area contributed by atoms with Crippen LogP contribution in [0.1, 0.15) is 18.2 Å². The maximum Gasteiger partial charge on any atom is 0.305 e. The van der Waals surface area contributed by atoms with Gasteiger partial charge in [0.2, 0.25) is 0 Å². The summed E-state index contributed by atoms with van der Waals surface area (Å²) in [7, 11) is 1.72. The Bertz CT molecular complexity index is 324. The fourth-order valence-corrected chi connectivity index (χ4v) is 1.56. The fourth-order valence-electron chi connectivity index (χ4n) is 1.09. The Kier molecular flexibility index (Phi) is 3.05. The predicted octanol–water partition coefficient (Wildman–Crippen LogP) is 0.657. The number of aryl methyl sites for hydroxylation is 1. The number of nitrogens with two attached hydrogens (primary N) is 1. The third-order valence-electron chi connectivity index (χ3n) is 1.66. The van der Waals surface area contributed by atoms with E-state index < -0.39 is 12.0 Å². The van der Waals surface area contributed by atoms with Crippen LogP contribution < -0.4 is 5.73 Å². The van der Waals surface area contributed by atoms with E-state index in [0.717, 1.165) is 0 Å². The van der Waals surface area contributed by atoms with Gasteiger partial charge in [0.1, 0.15) is 4.60 Å². The molecule has 1 atom stereocenters. The number of nitrogens with zero attached hydrogens (tertiary/aromatic N) is 2. The highest BCUT2D eigenvalue weighted by Crippen LogP contribution is 2.17. The zero-order valence-corrected chi connectivity index (χ0v) is 8.65. The van der Waals surface area contributed by atoms with Gasteiger partial charge in [0.05, 0.1) is 18.2 Å². The summed E-state index contributed by atoms with van der Waals surface area (Å²) in [4.78, 5) is 10.4. The molecule has 0 radical (unpaired) electrons. The molecule has 0 aliphatic rings. The molecule has 3 N–H and O–H groups in total. The second-order valence-corrected chi connectivity index (χ2v) is 3.53. The first kappa shape index (κ1) is 10.2. The first-order valence-electron chi connectivity index (χ1n) is 3.67. The largest absolute Gasteiger partial charge is 0.481 e. The van der Waals surface area contributed by atoms with Gasteiger partial charge in [0, 0.05) is 7.05 Å². The molecule has 0 aliphatic carbocycles. The number of carboxylic acid groups (broad SMARTS) is 1. The van der Waals surface area contributed by atoms with Gasteiger partial charge in [-0.15, -0.1) is 0 Å². The molecule has 13 heavy (non-hydrogen) atoms. The van der Waals surface area contributed by atoms with E-state index in [0.29, 0.717) is 10.3 Å². The van der Waals surface area contributed by atoms with Crippen molar-refractivity contribution >= 4 is 21.9 Å². The topological polar surface area (TPSA) is 81.1 Å². The third-order valence-corrected chi connectivity index (χ3v) is 2.05. The van der Waals surface area contributed by atoms with Gasteiger partial charge in [0.25, 0.3) is 0 Å². The van der Waals surface area contributed by atoms with Gasteiger partial charge in [-0.1, -0.05) is 0 Å². The van der Waals surface area contributed by atoms with E-state index in [4.69, 9.17) is 10.8 Å². The molecule has 0 bridgehead atoms. The Morgan fingerprint density at radius 3 is 2.92 bits per heavy atom. The number of rotatable bonds is 3. The lowest BCUT2D eigenvalue weighted by atomic mass is 10.1. The highest BCUT2D eigenvalue weighted by atomic mass is 79.9. The highest BCUT2D eigenvalue weighted by Gasteiger charge is 2.14. The van der Waals surface area contributed by atoms with Crippen LogP contribution in [-0.4, -0.2) is 20.9 Å². The van der Waals surface area contributed by atoms with E-state index in [-0.39, 0.29) is 6.42 Å². The van der Waals surface area contributed by atoms with Crippen LogP contribution in [0.15, 0.2) is 10.7 Å². The van der Waals surface area contributed by atoms with Gasteiger partial charge in [-0.25, -0.2) is 0 Å². The monoisotopic (exact) mass is 247 g/mol. The summed E-state index contributed by atoms with van der Waals surface area (Å²) in [6.07, 6.45) is -0.0913. The van der Waals surface area contributed by atoms with Crippen molar-refractivity contribution in [2.75, 3.05) is 0 Å². The third kappa shape index (κ3) is 2.53. The predicted molar refractivity (Wildman–Crippen MR) is 50.1 cm³/mol. The number of hydrogen-bond acceptors (Lipinski definition) is 3. The van der Waals surface area contributed by atoms with Gasteiger partial charge < -0.3 is 10.8 Å². The Labute approximate surface area is 83.7 Å². The van der Waals surface area contributed by atoms with Crippen molar-refractivity contribution in [3.8, 4) is 0 Å². The van der Waals surface area contributed by atoms with E-state index in [1.54, 1.807) is 17.8 Å². The van der Waals surface area contributed by atoms with Crippen molar-refractivity contribution in [3.63, 3.8) is 0 Å². The molecule has 0 aromatic carbocycles. The number of halogens is 1. The van der Waals surface area contributed by atoms with Crippen LogP contribution in [0.25, 0.3) is 0 Å². The van der Waals surface area contributed by atoms with E-state index >= 15 is 0 Å². The Hall–Kier alpha value is -0.880. The molecular weight excluding hydrogens is 238 g/mol. The van der Waals surface area contributed by atoms with Crippen molar-refractivity contribution in [1.29, 1.82) is 0 Å². The molecule has 0 saturated carbocycles. The molecule has 0 spiro atoms. The standard InChI is InChI=1S/C7H10BrN3O2/c1-11-5(3-6(8)10-11)4(9)2-7(12)13/h3-4H,2,9H2,1H3,(H,12,13)/t4-/m0/s1. The number of aliphatic carboxylic acids is 1. The fraction of sp³-hybridized carbons (Fsp3) is 0.429. The van der Waals surface area contributed by atoms with Crippen LogP contribution >= 0.6 is 15.9 Å². The van der Waals surface area contributed by atoms with E-state index in [2.05, 4.69) is 21.0 Å². The van der Waals surface area contributed by atoms with Gasteiger partial charge in [-0.3, -0.25) is 9.48 Å². The summed E-state index contributed by atoms with van der Waals surface area (Å²) in [6.45, 7) is 0. The molecule has 1 aromatic heterocycles. The molecule has 5 nitrogen and oxygen atoms in total. The summed E-state index contributed by atoms with van der Waals surface area (Å²) in [6, 6.07) is 1.20. The molecule has 1 heterocycles. The Morgan fingerprint density at radius 1 is 1.92 bits per heavy atom. The molecular formula is C7H10BrN3O2. The molecule has 0 amide bonds. The van der Waals surface area contributed by atoms with Crippen molar-refractivity contribution < 1.29 is 9.90 Å². The SMILES string of the molecule is Cn1nc(Br)cc1[C@@H](N)CC(=O)O. The minimum Gasteiger partial charge on any atom is -0.481 e. The van der Waals surface area contributed by atoms with Crippen LogP contribution in [0.2, 0.25) is 0 Å². The first-order chi connectivity index (χ1) is 6.00. The minimum absolute atomic E-state index is 0.0913. The number of aromatic nitrogens is 2. The maximum atomic E-state index is 10.4. The van der Waals surface area contributed by atoms with Gasteiger partial charge in [-0.05, 0) is 22.0 Å². The summed E-state index contributed by atoms with van der Waals surface area (Å²) in [5.41, 5.74) is 6.35. The van der Waals surface area contributed by atoms with Gasteiger partial charge in [-0.2, -0.15) is 5.10 Å². The van der Waals surface area contributed by atoms with Crippen LogP contribution in [0.3, 0.4) is 0 Å². The molecule has 0 saturated heterocycles. The lowest BCUT2D eigenvalue weighted by Crippen LogP contribution is -2.18. The van der Waals surface area contributed by atoms with Crippen molar-refractivity contribution in [1.82, 2.24) is 9.78 Å². The summed E-state index contributed by atoms with van der Waals surface area (Å²) in [5.74, 6) is -0.912. The number of hydrogen-bond donors (Lipinski definition) is 2. The highest BCUT2D eigenvalue weighted by molar-refractivity contribution is 9.10. The summed E-state index contributed by atoms with van der Waals surface area (Å²) in [5, 5.41) is 12.5. The lowest BCUT2D eigenvalue weighted by Gasteiger charge is -2.08. The number of carboxylic acids is 1. The second-order valence-electron chi connectivity index (χ2n) is 2.72. The average Bonchev–Trinajstić information content (AvgIpc) is 2.28. The average molecular weight is 248 g/mol. The van der Waals surface area contributed by atoms with E-state index in [1.807, 2.05) is 0 Å². The van der Waals surface area contributed by atoms with Gasteiger partial charge >= 0.3 is 5.97 Å². The minimum atomic E-state index is -0.912. The van der Waals surface area contributed by atoms with Crippen molar-refractivity contribution in [2.24, 2.45) is 12.8 Å². The van der Waals surface area contributed by atoms with Crippen LogP contribution in [-0.2, 0) is 11.8 Å². The summed E-state index contributed by atoms with van der Waals surface area (Å²) < 4.78 is 2.23. The van der Waals surface area contributed by atoms with E-state index in [1.165, 1.54) is 0 Å². The molecule has 0 aliphatic heterocycles. The second kappa shape index (κ2) is 3.89. The Morgan fingerprint density at radius 2 is 2.54 bits per heavy atom. The first-order valence-corrected chi connectivity index (χ1v) is 4.47. The zero-order valence-electron chi connectivity index (χ0n) is 7.07. The Balaban J connectivity index is 2.81. The maximum absolute atomic E-state index is 10.4. The molecule has 1 aromatic rings. The molecule has 0 unspecified atom stereocenters.